The molecular weight excluding hydrogens is 502 g/mol. The van der Waals surface area contributed by atoms with Gasteiger partial charge in [0.25, 0.3) is 0 Å². The van der Waals surface area contributed by atoms with Crippen molar-refractivity contribution in [2.45, 2.75) is 127 Å². The maximum atomic E-state index is 4.44. The van der Waals surface area contributed by atoms with E-state index in [0.29, 0.717) is 6.04 Å². The molecule has 0 spiro atoms. The smallest absolute Gasteiger partial charge is 0.0663 e. The molecule has 0 atom stereocenters. The minimum absolute atomic E-state index is 0.0440. The molecule has 0 fully saturated rings. The SMILES string of the molecule is CC(C)[N]=[W].CCC(C)(C)[N-]/C=C\[N-]C(C)(C)CC.C[C-](C)C.C[C-](C)C. The Balaban J connectivity index is -0.000000166. The quantitative estimate of drug-likeness (QED) is 0.284. The molecule has 0 aromatic heterocycles. The molecule has 0 aromatic carbocycles. The van der Waals surface area contributed by atoms with Crippen LogP contribution in [0.5, 0.6) is 0 Å². The van der Waals surface area contributed by atoms with Gasteiger partial charge >= 0.3 is 43.0 Å². The Morgan fingerprint density at radius 1 is 0.778 bits per heavy atom. The summed E-state index contributed by atoms with van der Waals surface area (Å²) in [6.45, 7) is 29.4. The van der Waals surface area contributed by atoms with E-state index >= 15 is 0 Å². The van der Waals surface area contributed by atoms with Crippen molar-refractivity contribution in [1.82, 2.24) is 0 Å². The van der Waals surface area contributed by atoms with E-state index in [9.17, 15) is 0 Å². The zero-order valence-electron chi connectivity index (χ0n) is 20.9. The Kier molecular flexibility index (Phi) is 26.2. The van der Waals surface area contributed by atoms with Crippen molar-refractivity contribution in [3.05, 3.63) is 34.9 Å². The average molecular weight is 552 g/mol. The molecule has 0 radical (unpaired) electrons. The summed E-state index contributed by atoms with van der Waals surface area (Å²) in [6, 6.07) is 0.546. The van der Waals surface area contributed by atoms with Gasteiger partial charge in [0.2, 0.25) is 0 Å². The van der Waals surface area contributed by atoms with E-state index in [4.69, 9.17) is 0 Å². The predicted molar refractivity (Wildman–Crippen MR) is 123 cm³/mol. The van der Waals surface area contributed by atoms with Crippen LogP contribution in [0.15, 0.2) is 15.9 Å². The third-order valence-electron chi connectivity index (χ3n) is 2.86. The second-order valence-electron chi connectivity index (χ2n) is 9.09. The molecule has 0 aliphatic rings. The second kappa shape index (κ2) is 20.6. The van der Waals surface area contributed by atoms with Crippen LogP contribution in [0.3, 0.4) is 0 Å². The van der Waals surface area contributed by atoms with Gasteiger partial charge in [0.05, 0.1) is 0 Å². The first-order valence-electron chi connectivity index (χ1n) is 10.0. The summed E-state index contributed by atoms with van der Waals surface area (Å²) in [5.74, 6) is 2.83. The van der Waals surface area contributed by atoms with Gasteiger partial charge in [-0.1, -0.05) is 54.4 Å². The van der Waals surface area contributed by atoms with Crippen LogP contribution in [0.25, 0.3) is 10.6 Å². The van der Waals surface area contributed by atoms with Crippen LogP contribution in [-0.2, 0) is 19.6 Å². The summed E-state index contributed by atoms with van der Waals surface area (Å²) in [5, 5.41) is 8.88. The van der Waals surface area contributed by atoms with Crippen LogP contribution in [-0.4, -0.2) is 17.1 Å². The summed E-state index contributed by atoms with van der Waals surface area (Å²) in [5.41, 5.74) is 0.0881. The summed E-state index contributed by atoms with van der Waals surface area (Å²) >= 11 is 1.33. The zero-order chi connectivity index (χ0) is 22.7. The van der Waals surface area contributed by atoms with Gasteiger partial charge in [-0.3, -0.25) is 0 Å². The fraction of sp³-hybridized carbons (Fsp3) is 0.826. The number of hydrogen-bond donors (Lipinski definition) is 0. The third kappa shape index (κ3) is 51.8. The van der Waals surface area contributed by atoms with Crippen molar-refractivity contribution in [1.29, 1.82) is 0 Å². The fourth-order valence-electron chi connectivity index (χ4n) is 0.653. The molecule has 0 aliphatic heterocycles. The molecule has 0 aliphatic carbocycles. The van der Waals surface area contributed by atoms with Crippen LogP contribution in [0.2, 0.25) is 0 Å². The summed E-state index contributed by atoms with van der Waals surface area (Å²) in [7, 11) is 0. The molecule has 0 rings (SSSR count). The zero-order valence-corrected chi connectivity index (χ0v) is 23.8. The van der Waals surface area contributed by atoms with Crippen molar-refractivity contribution in [2.75, 3.05) is 0 Å². The maximum Gasteiger partial charge on any atom is -0.0663 e. The van der Waals surface area contributed by atoms with Crippen LogP contribution < -0.4 is 0 Å². The van der Waals surface area contributed by atoms with Gasteiger partial charge in [0.1, 0.15) is 0 Å². The van der Waals surface area contributed by atoms with Crippen molar-refractivity contribution in [2.24, 2.45) is 3.50 Å². The van der Waals surface area contributed by atoms with Crippen molar-refractivity contribution < 1.29 is 19.6 Å². The molecule has 0 bridgehead atoms. The second-order valence-corrected chi connectivity index (χ2v) is 9.84. The minimum atomic E-state index is 0.0440. The van der Waals surface area contributed by atoms with Gasteiger partial charge in [-0.05, 0) is 0 Å². The minimum Gasteiger partial charge on any atom is -0.687 e. The molecule has 0 saturated carbocycles. The predicted octanol–water partition coefficient (Wildman–Crippen LogP) is 8.95. The molecule has 0 saturated heterocycles. The van der Waals surface area contributed by atoms with Gasteiger partial charge < -0.3 is 22.5 Å². The first kappa shape index (κ1) is 34.3. The summed E-state index contributed by atoms with van der Waals surface area (Å²) in [6.07, 6.45) is 5.74. The molecule has 0 heterocycles. The van der Waals surface area contributed by atoms with Gasteiger partial charge in [-0.2, -0.15) is 41.5 Å². The van der Waals surface area contributed by atoms with E-state index in [1.807, 2.05) is 12.4 Å². The van der Waals surface area contributed by atoms with Crippen LogP contribution in [0.1, 0.15) is 110 Å². The Hall–Kier alpha value is -0.172. The molecule has 27 heavy (non-hydrogen) atoms. The Morgan fingerprint density at radius 2 is 0.963 bits per heavy atom. The van der Waals surface area contributed by atoms with E-state index in [1.54, 1.807) is 0 Å². The molecule has 3 nitrogen and oxygen atoms in total. The molecule has 0 aromatic rings. The van der Waals surface area contributed by atoms with Crippen LogP contribution in [0.4, 0.5) is 0 Å². The Labute approximate surface area is 184 Å². The van der Waals surface area contributed by atoms with E-state index < -0.39 is 0 Å². The molecule has 166 valence electrons. The molecule has 0 unspecified atom stereocenters. The first-order valence-corrected chi connectivity index (χ1v) is 11.3. The Bertz CT molecular complexity index is 301. The monoisotopic (exact) mass is 551 g/mol. The maximum absolute atomic E-state index is 4.44. The van der Waals surface area contributed by atoms with E-state index in [0.717, 1.165) is 12.8 Å². The fourth-order valence-corrected chi connectivity index (χ4v) is 0.653. The molecule has 0 N–H and O–H groups in total. The number of nitrogens with zero attached hydrogens (tertiary/aromatic N) is 3. The third-order valence-corrected chi connectivity index (χ3v) is 4.37. The van der Waals surface area contributed by atoms with Crippen molar-refractivity contribution in [3.63, 3.8) is 0 Å². The van der Waals surface area contributed by atoms with Crippen LogP contribution in [0, 0.1) is 11.8 Å². The summed E-state index contributed by atoms with van der Waals surface area (Å²) < 4.78 is 3.97. The van der Waals surface area contributed by atoms with Gasteiger partial charge in [0.15, 0.2) is 0 Å². The first-order chi connectivity index (χ1) is 12.1. The van der Waals surface area contributed by atoms with Crippen molar-refractivity contribution >= 4 is 0 Å². The number of hydrogen-bond acceptors (Lipinski definition) is 1. The van der Waals surface area contributed by atoms with Gasteiger partial charge in [-0.25, -0.2) is 12.4 Å². The topological polar surface area (TPSA) is 40.6 Å². The molecule has 0 amide bonds. The van der Waals surface area contributed by atoms with Gasteiger partial charge in [0, 0.05) is 0 Å². The standard InChI is InChI=1S/C12H24N2.2C4H9.C3H7N.W/c1-7-11(3,4)13-9-10-14-12(5,6)8-2;2*1-4(2)3;1-3(2)4;/h9-10H,7-8H2,1-6H3;2*1-3H3;3H,1-2H3;/q-2;2*-1;;/b10-9-;;;;. The van der Waals surface area contributed by atoms with Crippen molar-refractivity contribution in [3.8, 4) is 0 Å². The normalized spacial score (nSPS) is 11.1. The van der Waals surface area contributed by atoms with E-state index in [2.05, 4.69) is 111 Å². The van der Waals surface area contributed by atoms with Crippen LogP contribution >= 0.6 is 0 Å². The Morgan fingerprint density at radius 3 is 1.07 bits per heavy atom. The van der Waals surface area contributed by atoms with E-state index in [1.165, 1.54) is 31.5 Å². The molecule has 4 heteroatoms. The molecular formula is C23H49N3W-4. The van der Waals surface area contributed by atoms with Gasteiger partial charge in [-0.15, -0.1) is 11.1 Å². The number of rotatable bonds is 7. The average Bonchev–Trinajstić information content (AvgIpc) is 2.51. The summed E-state index contributed by atoms with van der Waals surface area (Å²) in [4.78, 5) is 0. The largest absolute Gasteiger partial charge is 0.687 e. The van der Waals surface area contributed by atoms with E-state index in [-0.39, 0.29) is 11.1 Å².